The van der Waals surface area contributed by atoms with Crippen molar-refractivity contribution >= 4 is 63.0 Å². The molecule has 0 N–H and O–H groups in total. The summed E-state index contributed by atoms with van der Waals surface area (Å²) in [5.74, 6) is 0. The molecule has 18 nitrogen and oxygen atoms in total. The monoisotopic (exact) mass is 732 g/mol. The molecule has 0 aromatic carbocycles. The second-order valence-electron chi connectivity index (χ2n) is 2.36. The molecule has 0 fully saturated rings. The van der Waals surface area contributed by atoms with Gasteiger partial charge in [0.2, 0.25) is 0 Å². The molecule has 0 heterocycles. The smallest absolute Gasteiger partial charge is 0.722 e. The standard InChI is InChI=1S/6FHO3S.6Na/c6*1-5(2,3)4;;;;;;/h6*(H,2,3,4);;;;;;/q;;;;;;6*+1/p-6. The summed E-state index contributed by atoms with van der Waals surface area (Å²) in [6, 6.07) is 0. The third-order valence-corrected chi connectivity index (χ3v) is 0. The maximum Gasteiger partial charge on any atom is 1.00 e. The van der Waals surface area contributed by atoms with Gasteiger partial charge in [-0.15, -0.1) is 23.3 Å². The first kappa shape index (κ1) is 78.0. The van der Waals surface area contributed by atoms with E-state index in [4.69, 9.17) is 77.8 Å². The summed E-state index contributed by atoms with van der Waals surface area (Å²) in [6.45, 7) is 0. The van der Waals surface area contributed by atoms with Crippen LogP contribution in [0.4, 0.5) is 23.3 Å². The summed E-state index contributed by atoms with van der Waals surface area (Å²) in [5.41, 5.74) is 0. The van der Waals surface area contributed by atoms with Crippen molar-refractivity contribution < 1.29 is 278 Å². The van der Waals surface area contributed by atoms with Crippen molar-refractivity contribution in [2.24, 2.45) is 0 Å². The van der Waals surface area contributed by atoms with Crippen molar-refractivity contribution in [2.45, 2.75) is 0 Å². The van der Waals surface area contributed by atoms with E-state index >= 15 is 0 Å². The van der Waals surface area contributed by atoms with Crippen LogP contribution in [-0.4, -0.2) is 77.8 Å². The molecule has 0 rings (SSSR count). The molecule has 0 atom stereocenters. The topological polar surface area (TPSA) is 343 Å². The predicted molar refractivity (Wildman–Crippen MR) is 64.8 cm³/mol. The van der Waals surface area contributed by atoms with Gasteiger partial charge in [-0.25, -0.2) is 50.5 Å². The molecule has 0 aliphatic rings. The fraction of sp³-hybridized carbons (Fsp3) is 0. The van der Waals surface area contributed by atoms with Crippen molar-refractivity contribution in [1.82, 2.24) is 0 Å². The quantitative estimate of drug-likeness (QED) is 0.0965. The van der Waals surface area contributed by atoms with Crippen LogP contribution in [0.2, 0.25) is 0 Å². The van der Waals surface area contributed by atoms with E-state index in [1.165, 1.54) is 0 Å². The van der Waals surface area contributed by atoms with E-state index in [1.807, 2.05) is 0 Å². The third kappa shape index (κ3) is 2220. The molecule has 192 valence electrons. The van der Waals surface area contributed by atoms with E-state index in [-0.39, 0.29) is 177 Å². The Morgan fingerprint density at radius 3 is 0.250 bits per heavy atom. The molecule has 0 unspecified atom stereocenters. The zero-order valence-corrected chi connectivity index (χ0v) is 35.0. The average molecular weight is 732 g/mol. The Kier molecular flexibility index (Phi) is 78.5. The van der Waals surface area contributed by atoms with Gasteiger partial charge in [-0.3, -0.25) is 0 Å². The van der Waals surface area contributed by atoms with Crippen molar-refractivity contribution in [3.8, 4) is 0 Å². The molecular weight excluding hydrogens is 732 g/mol. The largest absolute Gasteiger partial charge is 1.00 e. The zero-order chi connectivity index (χ0) is 27.0. The fourth-order valence-corrected chi connectivity index (χ4v) is 0. The van der Waals surface area contributed by atoms with Crippen LogP contribution < -0.4 is 177 Å². The molecule has 0 aromatic rings. The first-order valence-corrected chi connectivity index (χ1v) is 11.8. The minimum atomic E-state index is -5.42. The van der Waals surface area contributed by atoms with Gasteiger partial charge in [-0.2, -0.15) is 0 Å². The van der Waals surface area contributed by atoms with Crippen LogP contribution in [0.15, 0.2) is 0 Å². The first-order valence-electron chi connectivity index (χ1n) is 3.93. The van der Waals surface area contributed by atoms with E-state index in [2.05, 4.69) is 0 Å². The molecule has 0 saturated carbocycles. The van der Waals surface area contributed by atoms with Gasteiger partial charge in [0.05, 0.1) is 0 Å². The average Bonchev–Trinajstić information content (AvgIpc) is 1.94. The second-order valence-corrected chi connectivity index (χ2v) is 7.08. The van der Waals surface area contributed by atoms with Crippen LogP contribution in [0.5, 0.6) is 0 Å². The molecule has 0 saturated heterocycles. The van der Waals surface area contributed by atoms with E-state index in [9.17, 15) is 23.3 Å². The molecule has 0 aliphatic heterocycles. The zero-order valence-electron chi connectivity index (χ0n) is 18.1. The Bertz CT molecular complexity index is 796. The Morgan fingerprint density at radius 2 is 0.250 bits per heavy atom. The normalized spacial score (nSPS) is 9.67. The SMILES string of the molecule is O=S(=O)([O-])F.O=S(=O)([O-])F.O=S(=O)([O-])F.O=S(=O)([O-])F.O=S(=O)([O-])F.O=S(=O)([O-])F.[Na+].[Na+].[Na+].[Na+].[Na+].[Na+]. The van der Waals surface area contributed by atoms with Crippen LogP contribution in [0.25, 0.3) is 0 Å². The Balaban J connectivity index is -0.0000000186. The van der Waals surface area contributed by atoms with E-state index in [1.54, 1.807) is 0 Å². The summed E-state index contributed by atoms with van der Waals surface area (Å²) in [4.78, 5) is 0. The van der Waals surface area contributed by atoms with Gasteiger partial charge in [0, 0.05) is 0 Å². The molecule has 0 amide bonds. The van der Waals surface area contributed by atoms with Crippen LogP contribution >= 0.6 is 0 Å². The van der Waals surface area contributed by atoms with Gasteiger partial charge in [0.1, 0.15) is 0 Å². The van der Waals surface area contributed by atoms with Crippen molar-refractivity contribution in [3.05, 3.63) is 0 Å². The minimum Gasteiger partial charge on any atom is -0.722 e. The molecular formula is F6Na6O18S6. The minimum absolute atomic E-state index is 0. The molecule has 0 aliphatic carbocycles. The van der Waals surface area contributed by atoms with Crippen LogP contribution in [0.1, 0.15) is 0 Å². The van der Waals surface area contributed by atoms with Crippen molar-refractivity contribution in [2.75, 3.05) is 0 Å². The van der Waals surface area contributed by atoms with Crippen LogP contribution in [0.3, 0.4) is 0 Å². The molecule has 0 spiro atoms. The van der Waals surface area contributed by atoms with E-state index < -0.39 is 63.0 Å². The Hall–Kier alpha value is 5.04. The Morgan fingerprint density at radius 1 is 0.250 bits per heavy atom. The third-order valence-electron chi connectivity index (χ3n) is 0. The fourth-order valence-electron chi connectivity index (χ4n) is 0. The van der Waals surface area contributed by atoms with Gasteiger partial charge >= 0.3 is 177 Å². The number of hydrogen-bond acceptors (Lipinski definition) is 18. The van der Waals surface area contributed by atoms with E-state index in [0.29, 0.717) is 0 Å². The molecule has 0 aromatic heterocycles. The molecule has 0 bridgehead atoms. The predicted octanol–water partition coefficient (Wildman–Crippen LogP) is -21.5. The van der Waals surface area contributed by atoms with Gasteiger partial charge in [0.15, 0.2) is 0 Å². The summed E-state index contributed by atoms with van der Waals surface area (Å²) in [7, 11) is -32.5. The maximum absolute atomic E-state index is 10.1. The second kappa shape index (κ2) is 36.2. The van der Waals surface area contributed by atoms with Gasteiger partial charge in [-0.1, -0.05) is 0 Å². The van der Waals surface area contributed by atoms with Gasteiger partial charge < -0.3 is 27.3 Å². The first-order chi connectivity index (χ1) is 12.0. The summed E-state index contributed by atoms with van der Waals surface area (Å²) in [6.07, 6.45) is 0. The summed E-state index contributed by atoms with van der Waals surface area (Å²) >= 11 is 0. The molecule has 0 radical (unpaired) electrons. The summed E-state index contributed by atoms with van der Waals surface area (Å²) < 4.78 is 212. The van der Waals surface area contributed by atoms with Gasteiger partial charge in [-0.05, 0) is 0 Å². The maximum atomic E-state index is 10.1. The number of hydrogen-bond donors (Lipinski definition) is 0. The number of halogens is 6. The van der Waals surface area contributed by atoms with Crippen molar-refractivity contribution in [1.29, 1.82) is 0 Å². The summed E-state index contributed by atoms with van der Waals surface area (Å²) in [5, 5.41) is 0. The molecule has 36 heteroatoms. The molecule has 36 heavy (non-hydrogen) atoms. The number of rotatable bonds is 0. The van der Waals surface area contributed by atoms with Gasteiger partial charge in [0.25, 0.3) is 63.0 Å². The Labute approximate surface area is 334 Å². The van der Waals surface area contributed by atoms with Crippen molar-refractivity contribution in [3.63, 3.8) is 0 Å². The van der Waals surface area contributed by atoms with Crippen LogP contribution in [0, 0.1) is 0 Å². The van der Waals surface area contributed by atoms with Crippen LogP contribution in [-0.2, 0) is 63.0 Å². The van der Waals surface area contributed by atoms with E-state index in [0.717, 1.165) is 0 Å².